The van der Waals surface area contributed by atoms with Crippen molar-refractivity contribution >= 4 is 30.0 Å². The van der Waals surface area contributed by atoms with Crippen LogP contribution < -0.4 is 15.4 Å². The van der Waals surface area contributed by atoms with Gasteiger partial charge in [-0.2, -0.15) is 0 Å². The molecule has 3 atom stereocenters. The van der Waals surface area contributed by atoms with Gasteiger partial charge < -0.3 is 30.2 Å². The van der Waals surface area contributed by atoms with Crippen LogP contribution in [0, 0.1) is 0 Å². The second-order valence-electron chi connectivity index (χ2n) is 7.93. The molecule has 3 amide bonds. The SMILES string of the molecule is CC(C)Oc1cccc(C(=O)N[C@@H](C)C(=O)N2CCC[C@H]2C(=O)N[C@H](C=O)CC(=O)O)c1. The summed E-state index contributed by atoms with van der Waals surface area (Å²) in [6.07, 6.45) is 0.714. The lowest BCUT2D eigenvalue weighted by Gasteiger charge is -2.27. The van der Waals surface area contributed by atoms with Crippen LogP contribution in [0.3, 0.4) is 0 Å². The number of rotatable bonds is 10. The summed E-state index contributed by atoms with van der Waals surface area (Å²) < 4.78 is 5.58. The molecule has 0 radical (unpaired) electrons. The van der Waals surface area contributed by atoms with Crippen LogP contribution in [0.2, 0.25) is 0 Å². The first-order chi connectivity index (χ1) is 15.1. The maximum absolute atomic E-state index is 12.9. The molecule has 1 fully saturated rings. The molecule has 1 aromatic rings. The third-order valence-corrected chi connectivity index (χ3v) is 4.91. The van der Waals surface area contributed by atoms with Crippen LogP contribution in [-0.4, -0.2) is 70.8 Å². The molecule has 10 nitrogen and oxygen atoms in total. The van der Waals surface area contributed by atoms with Crippen molar-refractivity contribution in [1.29, 1.82) is 0 Å². The minimum absolute atomic E-state index is 0.0543. The molecule has 0 aromatic heterocycles. The number of carboxylic acids is 1. The molecule has 0 saturated carbocycles. The normalized spacial score (nSPS) is 17.4. The fourth-order valence-electron chi connectivity index (χ4n) is 3.48. The molecule has 1 heterocycles. The molecule has 1 aliphatic rings. The lowest BCUT2D eigenvalue weighted by molar-refractivity contribution is -0.141. The first-order valence-electron chi connectivity index (χ1n) is 10.5. The van der Waals surface area contributed by atoms with E-state index < -0.39 is 48.2 Å². The molecule has 2 rings (SSSR count). The monoisotopic (exact) mass is 447 g/mol. The number of amides is 3. The minimum Gasteiger partial charge on any atom is -0.491 e. The lowest BCUT2D eigenvalue weighted by Crippen LogP contribution is -2.54. The zero-order valence-electron chi connectivity index (χ0n) is 18.4. The summed E-state index contributed by atoms with van der Waals surface area (Å²) in [5.41, 5.74) is 0.334. The van der Waals surface area contributed by atoms with Crippen molar-refractivity contribution in [3.05, 3.63) is 29.8 Å². The maximum atomic E-state index is 12.9. The highest BCUT2D eigenvalue weighted by atomic mass is 16.5. The third kappa shape index (κ3) is 6.79. The molecular weight excluding hydrogens is 418 g/mol. The summed E-state index contributed by atoms with van der Waals surface area (Å²) in [5, 5.41) is 13.8. The Hall–Kier alpha value is -3.43. The molecule has 1 aliphatic heterocycles. The minimum atomic E-state index is -1.22. The first kappa shape index (κ1) is 24.8. The van der Waals surface area contributed by atoms with Crippen molar-refractivity contribution in [2.75, 3.05) is 6.54 Å². The van der Waals surface area contributed by atoms with Gasteiger partial charge in [0.15, 0.2) is 0 Å². The predicted octanol–water partition coefficient (Wildman–Crippen LogP) is 0.742. The number of ether oxygens (including phenoxy) is 1. The van der Waals surface area contributed by atoms with Crippen LogP contribution in [0.5, 0.6) is 5.75 Å². The van der Waals surface area contributed by atoms with Crippen molar-refractivity contribution in [3.63, 3.8) is 0 Å². The quantitative estimate of drug-likeness (QED) is 0.449. The van der Waals surface area contributed by atoms with E-state index >= 15 is 0 Å². The van der Waals surface area contributed by atoms with Gasteiger partial charge in [-0.1, -0.05) is 6.07 Å². The van der Waals surface area contributed by atoms with Gasteiger partial charge in [0.05, 0.1) is 18.6 Å². The Bertz CT molecular complexity index is 871. The smallest absolute Gasteiger partial charge is 0.305 e. The van der Waals surface area contributed by atoms with Crippen LogP contribution in [0.15, 0.2) is 24.3 Å². The third-order valence-electron chi connectivity index (χ3n) is 4.91. The molecule has 3 N–H and O–H groups in total. The Balaban J connectivity index is 2.01. The molecule has 1 aromatic carbocycles. The summed E-state index contributed by atoms with van der Waals surface area (Å²) in [6.45, 7) is 5.59. The standard InChI is InChI=1S/C22H29N3O7/c1-13(2)32-17-7-4-6-15(10-17)20(29)23-14(3)22(31)25-9-5-8-18(25)21(30)24-16(12-26)11-19(27)28/h4,6-7,10,12-14,16,18H,5,8-9,11H2,1-3H3,(H,23,29)(H,24,30)(H,27,28)/t14-,16-,18-/m0/s1. The van der Waals surface area contributed by atoms with Gasteiger partial charge in [-0.25, -0.2) is 0 Å². The van der Waals surface area contributed by atoms with Crippen molar-refractivity contribution in [2.45, 2.75) is 64.3 Å². The van der Waals surface area contributed by atoms with E-state index in [9.17, 15) is 24.0 Å². The van der Waals surface area contributed by atoms with Crippen molar-refractivity contribution in [3.8, 4) is 5.75 Å². The van der Waals surface area contributed by atoms with Crippen LogP contribution in [-0.2, 0) is 19.2 Å². The van der Waals surface area contributed by atoms with Gasteiger partial charge >= 0.3 is 5.97 Å². The number of carbonyl (C=O) groups is 5. The lowest BCUT2D eigenvalue weighted by atomic mass is 10.1. The second kappa shape index (κ2) is 11.3. The van der Waals surface area contributed by atoms with Gasteiger partial charge in [0.1, 0.15) is 24.1 Å². The highest BCUT2D eigenvalue weighted by Gasteiger charge is 2.37. The molecule has 0 spiro atoms. The number of aliphatic carboxylic acids is 1. The summed E-state index contributed by atoms with van der Waals surface area (Å²) in [7, 11) is 0. The topological polar surface area (TPSA) is 142 Å². The zero-order valence-corrected chi connectivity index (χ0v) is 18.4. The van der Waals surface area contributed by atoms with E-state index in [-0.39, 0.29) is 6.10 Å². The summed E-state index contributed by atoms with van der Waals surface area (Å²) in [6, 6.07) is 3.70. The number of nitrogens with zero attached hydrogens (tertiary/aromatic N) is 1. The summed E-state index contributed by atoms with van der Waals surface area (Å²) >= 11 is 0. The van der Waals surface area contributed by atoms with E-state index in [2.05, 4.69) is 10.6 Å². The highest BCUT2D eigenvalue weighted by molar-refractivity contribution is 5.98. The summed E-state index contributed by atoms with van der Waals surface area (Å²) in [5.74, 6) is -2.17. The molecule has 10 heteroatoms. The second-order valence-corrected chi connectivity index (χ2v) is 7.93. The van der Waals surface area contributed by atoms with Crippen molar-refractivity contribution in [1.82, 2.24) is 15.5 Å². The van der Waals surface area contributed by atoms with E-state index in [1.807, 2.05) is 13.8 Å². The van der Waals surface area contributed by atoms with Gasteiger partial charge in [0.25, 0.3) is 5.91 Å². The molecule has 174 valence electrons. The Morgan fingerprint density at radius 2 is 1.94 bits per heavy atom. The Morgan fingerprint density at radius 1 is 1.22 bits per heavy atom. The van der Waals surface area contributed by atoms with Crippen LogP contribution >= 0.6 is 0 Å². The molecule has 32 heavy (non-hydrogen) atoms. The van der Waals surface area contributed by atoms with Crippen LogP contribution in [0.25, 0.3) is 0 Å². The Morgan fingerprint density at radius 3 is 2.56 bits per heavy atom. The maximum Gasteiger partial charge on any atom is 0.305 e. The van der Waals surface area contributed by atoms with Gasteiger partial charge in [-0.05, 0) is 51.8 Å². The number of carboxylic acid groups (broad SMARTS) is 1. The molecule has 0 unspecified atom stereocenters. The summed E-state index contributed by atoms with van der Waals surface area (Å²) in [4.78, 5) is 61.3. The van der Waals surface area contributed by atoms with Crippen LogP contribution in [0.1, 0.15) is 50.4 Å². The number of carbonyl (C=O) groups excluding carboxylic acids is 4. The largest absolute Gasteiger partial charge is 0.491 e. The van der Waals surface area contributed by atoms with E-state index in [1.165, 1.54) is 11.8 Å². The number of likely N-dealkylation sites (tertiary alicyclic amines) is 1. The van der Waals surface area contributed by atoms with Crippen molar-refractivity contribution < 1.29 is 33.8 Å². The van der Waals surface area contributed by atoms with Crippen molar-refractivity contribution in [2.24, 2.45) is 0 Å². The Labute approximate surface area is 186 Å². The number of hydrogen-bond acceptors (Lipinski definition) is 6. The first-order valence-corrected chi connectivity index (χ1v) is 10.5. The molecule has 0 aliphatic carbocycles. The number of benzene rings is 1. The average molecular weight is 447 g/mol. The number of nitrogens with one attached hydrogen (secondary N) is 2. The predicted molar refractivity (Wildman–Crippen MR) is 114 cm³/mol. The van der Waals surface area contributed by atoms with E-state index in [0.29, 0.717) is 37.0 Å². The van der Waals surface area contributed by atoms with E-state index in [4.69, 9.17) is 9.84 Å². The number of aldehydes is 1. The molecular formula is C22H29N3O7. The van der Waals surface area contributed by atoms with Gasteiger partial charge in [0.2, 0.25) is 11.8 Å². The van der Waals surface area contributed by atoms with E-state index in [1.54, 1.807) is 24.3 Å². The molecule has 0 bridgehead atoms. The van der Waals surface area contributed by atoms with Crippen LogP contribution in [0.4, 0.5) is 0 Å². The average Bonchev–Trinajstić information content (AvgIpc) is 3.21. The Kier molecular flexibility index (Phi) is 8.74. The number of hydrogen-bond donors (Lipinski definition) is 3. The fourth-order valence-corrected chi connectivity index (χ4v) is 3.48. The zero-order chi connectivity index (χ0) is 23.8. The van der Waals surface area contributed by atoms with Gasteiger partial charge in [-0.15, -0.1) is 0 Å². The fraction of sp³-hybridized carbons (Fsp3) is 0.500. The molecule has 1 saturated heterocycles. The highest BCUT2D eigenvalue weighted by Crippen LogP contribution is 2.19. The van der Waals surface area contributed by atoms with Gasteiger partial charge in [-0.3, -0.25) is 19.2 Å². The van der Waals surface area contributed by atoms with Gasteiger partial charge in [0, 0.05) is 12.1 Å². The van der Waals surface area contributed by atoms with E-state index in [0.717, 1.165) is 0 Å².